The molecular weight excluding hydrogens is 1280 g/mol. The summed E-state index contributed by atoms with van der Waals surface area (Å²) < 4.78 is 12.7. The van der Waals surface area contributed by atoms with Crippen molar-refractivity contribution in [2.24, 2.45) is 0 Å². The molecule has 0 unspecified atom stereocenters. The summed E-state index contributed by atoms with van der Waals surface area (Å²) >= 11 is 0. The fourth-order valence-electron chi connectivity index (χ4n) is 17.1. The van der Waals surface area contributed by atoms with Crippen molar-refractivity contribution >= 4 is 130 Å². The highest BCUT2D eigenvalue weighted by Crippen LogP contribution is 2.49. The van der Waals surface area contributed by atoms with E-state index in [2.05, 4.69) is 388 Å². The summed E-state index contributed by atoms with van der Waals surface area (Å²) in [4.78, 5) is 0. The molecule has 2 heterocycles. The molecule has 20 aromatic carbocycles. The molecule has 0 aliphatic carbocycles. The van der Waals surface area contributed by atoms with Gasteiger partial charge in [-0.05, 0) is 242 Å². The summed E-state index contributed by atoms with van der Waals surface area (Å²) in [6, 6.07) is 141. The highest BCUT2D eigenvalue weighted by Gasteiger charge is 2.22. The first-order chi connectivity index (χ1) is 52.5. The highest BCUT2D eigenvalue weighted by molar-refractivity contribution is 6.24. The van der Waals surface area contributed by atoms with Crippen LogP contribution in [0.3, 0.4) is 0 Å². The molecule has 22 rings (SSSR count). The van der Waals surface area contributed by atoms with Gasteiger partial charge in [0, 0.05) is 21.5 Å². The molecule has 22 aromatic rings. The van der Waals surface area contributed by atoms with Crippen molar-refractivity contribution < 1.29 is 8.83 Å². The zero-order valence-electron chi connectivity index (χ0n) is 57.8. The lowest BCUT2D eigenvalue weighted by Crippen LogP contribution is -1.91. The van der Waals surface area contributed by atoms with Gasteiger partial charge in [-0.1, -0.05) is 322 Å². The summed E-state index contributed by atoms with van der Waals surface area (Å²) in [6.45, 7) is 0. The van der Waals surface area contributed by atoms with Crippen molar-refractivity contribution in [3.05, 3.63) is 388 Å². The first-order valence-corrected chi connectivity index (χ1v) is 36.5. The molecule has 2 heteroatoms. The Morgan fingerprint density at radius 2 is 0.377 bits per heavy atom. The maximum atomic E-state index is 6.34. The molecular formula is C104H64O2. The molecule has 0 saturated carbocycles. The van der Waals surface area contributed by atoms with E-state index < -0.39 is 0 Å². The molecule has 0 spiro atoms. The van der Waals surface area contributed by atoms with Gasteiger partial charge in [0.05, 0.1) is 0 Å². The number of rotatable bonds is 8. The predicted molar refractivity (Wildman–Crippen MR) is 451 cm³/mol. The van der Waals surface area contributed by atoms with Crippen LogP contribution in [0.4, 0.5) is 0 Å². The second-order valence-electron chi connectivity index (χ2n) is 28.1. The van der Waals surface area contributed by atoms with Crippen LogP contribution in [0.2, 0.25) is 0 Å². The minimum absolute atomic E-state index is 0.910. The second-order valence-corrected chi connectivity index (χ2v) is 28.1. The Kier molecular flexibility index (Phi) is 14.3. The molecule has 0 aliphatic heterocycles. The molecule has 0 fully saturated rings. The van der Waals surface area contributed by atoms with Crippen LogP contribution in [0.1, 0.15) is 0 Å². The van der Waals surface area contributed by atoms with Crippen molar-refractivity contribution in [2.75, 3.05) is 0 Å². The molecule has 0 radical (unpaired) electrons. The molecule has 0 N–H and O–H groups in total. The highest BCUT2D eigenvalue weighted by atomic mass is 16.3. The minimum atomic E-state index is 0.910. The van der Waals surface area contributed by atoms with Gasteiger partial charge in [0.2, 0.25) is 0 Å². The Labute approximate surface area is 612 Å². The lowest BCUT2D eigenvalue weighted by molar-refractivity contribution is 0.669. The largest absolute Gasteiger partial charge is 0.456 e. The predicted octanol–water partition coefficient (Wildman–Crippen LogP) is 29.7. The third kappa shape index (κ3) is 10.2. The smallest absolute Gasteiger partial charge is 0.136 e. The SMILES string of the molecule is c1cc(-c2ccc3oc4cc5ccccc5cc4c3c2)cc(-c2c3ccccc3c(-c3ccc(-c4cccc5ccccc45)cc3)c3ccccc23)c1.c1cc(-c2ccc3oc4cc5ccccc5cc4c3c2)cc(-c2c3ccccc3c(-c3cccc(-c4cccc5ccccc45)c3)c3ccccc23)c1. The van der Waals surface area contributed by atoms with E-state index in [0.29, 0.717) is 0 Å². The third-order valence-corrected chi connectivity index (χ3v) is 22.0. The number of fused-ring (bicyclic) bond motifs is 14. The number of hydrogen-bond acceptors (Lipinski definition) is 2. The fraction of sp³-hybridized carbons (Fsp3) is 0. The maximum absolute atomic E-state index is 6.34. The lowest BCUT2D eigenvalue weighted by atomic mass is 9.85. The molecule has 2 aromatic heterocycles. The molecule has 2 nitrogen and oxygen atoms in total. The zero-order chi connectivity index (χ0) is 69.8. The molecule has 0 saturated heterocycles. The van der Waals surface area contributed by atoms with Crippen LogP contribution in [0.15, 0.2) is 397 Å². The van der Waals surface area contributed by atoms with Crippen molar-refractivity contribution in [1.29, 1.82) is 0 Å². The van der Waals surface area contributed by atoms with Crippen molar-refractivity contribution in [3.8, 4) is 89.0 Å². The number of benzene rings is 20. The van der Waals surface area contributed by atoms with Gasteiger partial charge in [0.25, 0.3) is 0 Å². The Morgan fingerprint density at radius 1 is 0.123 bits per heavy atom. The average molecular weight is 1350 g/mol. The molecule has 106 heavy (non-hydrogen) atoms. The minimum Gasteiger partial charge on any atom is -0.456 e. The van der Waals surface area contributed by atoms with Gasteiger partial charge in [-0.3, -0.25) is 0 Å². The summed E-state index contributed by atoms with van der Waals surface area (Å²) in [5.41, 5.74) is 23.2. The van der Waals surface area contributed by atoms with Crippen LogP contribution >= 0.6 is 0 Å². The molecule has 0 aliphatic rings. The van der Waals surface area contributed by atoms with Crippen molar-refractivity contribution in [1.82, 2.24) is 0 Å². The van der Waals surface area contributed by atoms with Gasteiger partial charge in [0.15, 0.2) is 0 Å². The Morgan fingerprint density at radius 3 is 0.774 bits per heavy atom. The standard InChI is InChI=1S/2C52H32O/c1-2-14-36-32-50-48(30-35(36)13-1)47-31-37(26-27-49(47)53-50)34-16-9-18-39(28-34)51-43-21-5-7-23-45(43)52(46-24-8-6-22-44(46)51)40-19-10-17-38(29-40)42-25-11-15-33-12-3-4-20-41(33)42;1-2-13-38-32-50-48(30-37(38)12-1)47-31-39(27-28-49(47)53-50)36-15-9-16-40(29-36)52-45-20-7-5-18-43(45)51(44-19-6-8-21-46(44)52)35-25-23-34(24-26-35)42-22-10-14-33-11-3-4-17-41(33)42/h2*1-32H. The lowest BCUT2D eigenvalue weighted by Gasteiger charge is -2.19. The molecule has 0 atom stereocenters. The van der Waals surface area contributed by atoms with Crippen LogP contribution in [-0.4, -0.2) is 0 Å². The van der Waals surface area contributed by atoms with Crippen LogP contribution < -0.4 is 0 Å². The van der Waals surface area contributed by atoms with Crippen LogP contribution in [0.5, 0.6) is 0 Å². The van der Waals surface area contributed by atoms with Gasteiger partial charge < -0.3 is 8.83 Å². The normalized spacial score (nSPS) is 11.8. The third-order valence-electron chi connectivity index (χ3n) is 22.0. The van der Waals surface area contributed by atoms with Gasteiger partial charge >= 0.3 is 0 Å². The van der Waals surface area contributed by atoms with Gasteiger partial charge in [-0.2, -0.15) is 0 Å². The zero-order valence-corrected chi connectivity index (χ0v) is 57.8. The van der Waals surface area contributed by atoms with Crippen LogP contribution in [-0.2, 0) is 0 Å². The van der Waals surface area contributed by atoms with E-state index in [-0.39, 0.29) is 0 Å². The summed E-state index contributed by atoms with van der Waals surface area (Å²) in [7, 11) is 0. The molecule has 492 valence electrons. The van der Waals surface area contributed by atoms with E-state index in [1.807, 2.05) is 0 Å². The van der Waals surface area contributed by atoms with Crippen molar-refractivity contribution in [2.45, 2.75) is 0 Å². The first kappa shape index (κ1) is 60.8. The van der Waals surface area contributed by atoms with E-state index in [9.17, 15) is 0 Å². The summed E-state index contributed by atoms with van der Waals surface area (Å²) in [5, 5.41) is 24.5. The Bertz CT molecular complexity index is 7200. The van der Waals surface area contributed by atoms with E-state index >= 15 is 0 Å². The summed E-state index contributed by atoms with van der Waals surface area (Å²) in [5.74, 6) is 0. The number of furan rings is 2. The second kappa shape index (κ2) is 25.0. The van der Waals surface area contributed by atoms with Gasteiger partial charge in [-0.15, -0.1) is 0 Å². The summed E-state index contributed by atoms with van der Waals surface area (Å²) in [6.07, 6.45) is 0. The van der Waals surface area contributed by atoms with Crippen LogP contribution in [0.25, 0.3) is 219 Å². The first-order valence-electron chi connectivity index (χ1n) is 36.5. The molecule has 0 amide bonds. The fourth-order valence-corrected chi connectivity index (χ4v) is 17.1. The number of hydrogen-bond donors (Lipinski definition) is 0. The molecule has 0 bridgehead atoms. The topological polar surface area (TPSA) is 26.3 Å². The van der Waals surface area contributed by atoms with E-state index in [1.54, 1.807) is 0 Å². The Hall–Kier alpha value is -13.9. The van der Waals surface area contributed by atoms with E-state index in [4.69, 9.17) is 8.83 Å². The van der Waals surface area contributed by atoms with Crippen LogP contribution in [0, 0.1) is 0 Å². The quantitative estimate of drug-likeness (QED) is 0.142. The van der Waals surface area contributed by atoms with Crippen molar-refractivity contribution in [3.63, 3.8) is 0 Å². The van der Waals surface area contributed by atoms with E-state index in [1.165, 1.54) is 175 Å². The van der Waals surface area contributed by atoms with Gasteiger partial charge in [-0.25, -0.2) is 0 Å². The van der Waals surface area contributed by atoms with E-state index in [0.717, 1.165) is 43.9 Å². The average Bonchev–Trinajstić information content (AvgIpc) is 1.01. The Balaban J connectivity index is 0.000000136. The monoisotopic (exact) mass is 1340 g/mol. The van der Waals surface area contributed by atoms with Gasteiger partial charge in [0.1, 0.15) is 22.3 Å². The maximum Gasteiger partial charge on any atom is 0.136 e.